The molecule has 3 aromatic rings. The zero-order chi connectivity index (χ0) is 28.8. The lowest BCUT2D eigenvalue weighted by molar-refractivity contribution is 0.0564. The highest BCUT2D eigenvalue weighted by atomic mass is 31.2. The predicted molar refractivity (Wildman–Crippen MR) is 130 cm³/mol. The number of benzene rings is 3. The van der Waals surface area contributed by atoms with Gasteiger partial charge in [0, 0.05) is 16.7 Å². The number of Topliss-reactive ketones (excluding diaryl/α,β-unsaturated/α-hetero) is 2. The molecule has 0 saturated carbocycles. The third-order valence-electron chi connectivity index (χ3n) is 6.37. The first-order valence-corrected chi connectivity index (χ1v) is 14.4. The molecule has 4 rings (SSSR count). The molecule has 3 aromatic carbocycles. The monoisotopic (exact) mass is 586 g/mol. The lowest BCUT2D eigenvalue weighted by Crippen LogP contribution is -2.38. The second-order valence-corrected chi connectivity index (χ2v) is 12.3. The Labute approximate surface area is 219 Å². The van der Waals surface area contributed by atoms with Crippen LogP contribution in [0.4, 0.5) is 17.6 Å². The van der Waals surface area contributed by atoms with Crippen molar-refractivity contribution in [3.63, 3.8) is 0 Å². The number of alkyl halides is 4. The van der Waals surface area contributed by atoms with E-state index in [1.807, 2.05) is 0 Å². The molecule has 206 valence electrons. The average molecular weight is 586 g/mol. The molecule has 0 saturated heterocycles. The van der Waals surface area contributed by atoms with E-state index >= 15 is 0 Å². The summed E-state index contributed by atoms with van der Waals surface area (Å²) in [6.45, 7) is 0. The highest BCUT2D eigenvalue weighted by molar-refractivity contribution is 7.53. The minimum atomic E-state index is -5.80. The van der Waals surface area contributed by atoms with Gasteiger partial charge in [-0.1, -0.05) is 60.7 Å². The molecule has 8 nitrogen and oxygen atoms in total. The molecule has 1 unspecified atom stereocenters. The fraction of sp³-hybridized carbons (Fsp3) is 0.200. The molecule has 0 bridgehead atoms. The number of hydrogen-bond acceptors (Lipinski definition) is 5. The van der Waals surface area contributed by atoms with Gasteiger partial charge < -0.3 is 19.2 Å². The topological polar surface area (TPSA) is 138 Å². The van der Waals surface area contributed by atoms with E-state index in [0.717, 1.165) is 36.4 Å². The number of fused-ring (bicyclic) bond motifs is 1. The zero-order valence-electron chi connectivity index (χ0n) is 19.7. The Balaban J connectivity index is 1.69. The Kier molecular flexibility index (Phi) is 7.48. The summed E-state index contributed by atoms with van der Waals surface area (Å²) in [4.78, 5) is 54.4. The fourth-order valence-electron chi connectivity index (χ4n) is 4.43. The van der Waals surface area contributed by atoms with E-state index in [2.05, 4.69) is 4.52 Å². The molecule has 0 fully saturated rings. The van der Waals surface area contributed by atoms with E-state index < -0.39 is 49.6 Å². The van der Waals surface area contributed by atoms with Crippen LogP contribution < -0.4 is 4.52 Å². The summed E-state index contributed by atoms with van der Waals surface area (Å²) in [5.74, 6) is -1.41. The molecule has 1 aliphatic rings. The lowest BCUT2D eigenvalue weighted by atomic mass is 9.72. The highest BCUT2D eigenvalue weighted by Gasteiger charge is 2.53. The van der Waals surface area contributed by atoms with Gasteiger partial charge in [0.25, 0.3) is 0 Å². The maximum atomic E-state index is 14.1. The second-order valence-electron chi connectivity index (χ2n) is 9.00. The fourth-order valence-corrected chi connectivity index (χ4v) is 5.42. The quantitative estimate of drug-likeness (QED) is 0.169. The third kappa shape index (κ3) is 5.35. The minimum Gasteiger partial charge on any atom is -0.421 e. The maximum Gasteiger partial charge on any atom is 0.442 e. The second kappa shape index (κ2) is 10.1. The van der Waals surface area contributed by atoms with Gasteiger partial charge in [0.05, 0.1) is 0 Å². The number of ketones is 2. The van der Waals surface area contributed by atoms with Crippen LogP contribution in [0, 0.1) is 5.41 Å². The van der Waals surface area contributed by atoms with Crippen molar-refractivity contribution in [2.75, 3.05) is 0 Å². The van der Waals surface area contributed by atoms with Gasteiger partial charge in [-0.3, -0.25) is 14.2 Å². The standard InChI is InChI=1S/C25H20F4O8P2/c26-23(27)38(32,33)37-18-11-7-16(8-12-18)14-24(21(30)19-3-1-2-4-20(19)22(24)31)13-15-5-9-17(10-6-15)25(28,29)39(34,35)36/h1-12,23H,13-14H2,(H,32,33)(H2,34,35,36). The largest absolute Gasteiger partial charge is 0.442 e. The van der Waals surface area contributed by atoms with Crippen molar-refractivity contribution in [3.8, 4) is 5.75 Å². The van der Waals surface area contributed by atoms with Gasteiger partial charge in [-0.05, 0) is 36.1 Å². The van der Waals surface area contributed by atoms with E-state index in [1.165, 1.54) is 24.3 Å². The zero-order valence-corrected chi connectivity index (χ0v) is 21.5. The van der Waals surface area contributed by atoms with Crippen molar-refractivity contribution in [3.05, 3.63) is 101 Å². The van der Waals surface area contributed by atoms with Gasteiger partial charge in [0.2, 0.25) is 0 Å². The van der Waals surface area contributed by atoms with Crippen LogP contribution >= 0.6 is 15.2 Å². The molecule has 1 aliphatic carbocycles. The molecule has 39 heavy (non-hydrogen) atoms. The van der Waals surface area contributed by atoms with E-state index in [4.69, 9.17) is 9.79 Å². The Morgan fingerprint density at radius 1 is 0.769 bits per heavy atom. The highest BCUT2D eigenvalue weighted by Crippen LogP contribution is 2.59. The van der Waals surface area contributed by atoms with E-state index in [9.17, 15) is 41.2 Å². The van der Waals surface area contributed by atoms with Gasteiger partial charge >= 0.3 is 27.0 Å². The van der Waals surface area contributed by atoms with Gasteiger partial charge in [-0.15, -0.1) is 0 Å². The van der Waals surface area contributed by atoms with Crippen molar-refractivity contribution in [2.24, 2.45) is 5.41 Å². The number of rotatable bonds is 9. The summed E-state index contributed by atoms with van der Waals surface area (Å²) in [6.07, 6.45) is -4.08. The third-order valence-corrected chi connectivity index (χ3v) is 8.33. The van der Waals surface area contributed by atoms with Gasteiger partial charge in [-0.25, -0.2) is 4.57 Å². The molecule has 0 aromatic heterocycles. The molecule has 0 heterocycles. The van der Waals surface area contributed by atoms with Crippen LogP contribution in [0.15, 0.2) is 72.8 Å². The molecule has 1 atom stereocenters. The van der Waals surface area contributed by atoms with Gasteiger partial charge in [0.1, 0.15) is 11.2 Å². The van der Waals surface area contributed by atoms with Crippen LogP contribution in [0.25, 0.3) is 0 Å². The summed E-state index contributed by atoms with van der Waals surface area (Å²) in [5, 5.41) is 0. The van der Waals surface area contributed by atoms with Crippen LogP contribution in [0.5, 0.6) is 5.75 Å². The molecular weight excluding hydrogens is 566 g/mol. The first kappa shape index (κ1) is 28.9. The first-order chi connectivity index (χ1) is 18.1. The molecule has 0 amide bonds. The number of carbonyl (C=O) groups is 2. The number of carbonyl (C=O) groups excluding carboxylic acids is 2. The molecule has 0 aliphatic heterocycles. The average Bonchev–Trinajstić information content (AvgIpc) is 3.07. The van der Waals surface area contributed by atoms with Crippen LogP contribution in [-0.2, 0) is 27.6 Å². The normalized spacial score (nSPS) is 16.7. The first-order valence-electron chi connectivity index (χ1n) is 11.2. The van der Waals surface area contributed by atoms with Crippen LogP contribution in [-0.4, -0.2) is 32.4 Å². The Morgan fingerprint density at radius 3 is 1.62 bits per heavy atom. The Morgan fingerprint density at radius 2 is 1.21 bits per heavy atom. The molecule has 14 heteroatoms. The molecular formula is C25H20F4O8P2. The van der Waals surface area contributed by atoms with Crippen molar-refractivity contribution < 1.29 is 55.5 Å². The number of hydrogen-bond donors (Lipinski definition) is 3. The molecule has 0 radical (unpaired) electrons. The lowest BCUT2D eigenvalue weighted by Gasteiger charge is -2.27. The smallest absolute Gasteiger partial charge is 0.421 e. The Bertz CT molecular complexity index is 1480. The summed E-state index contributed by atoms with van der Waals surface area (Å²) < 4.78 is 80.7. The van der Waals surface area contributed by atoms with Gasteiger partial charge in [0.15, 0.2) is 11.6 Å². The Hall–Kier alpha value is -3.14. The number of halogens is 4. The van der Waals surface area contributed by atoms with Gasteiger partial charge in [-0.2, -0.15) is 17.6 Å². The van der Waals surface area contributed by atoms with Crippen LogP contribution in [0.2, 0.25) is 0 Å². The van der Waals surface area contributed by atoms with Crippen molar-refractivity contribution in [1.82, 2.24) is 0 Å². The van der Waals surface area contributed by atoms with Crippen molar-refractivity contribution >= 4 is 26.8 Å². The summed E-state index contributed by atoms with van der Waals surface area (Å²) in [6, 6.07) is 14.9. The van der Waals surface area contributed by atoms with E-state index in [0.29, 0.717) is 5.56 Å². The van der Waals surface area contributed by atoms with Crippen LogP contribution in [0.3, 0.4) is 0 Å². The predicted octanol–water partition coefficient (Wildman–Crippen LogP) is 5.55. The summed E-state index contributed by atoms with van der Waals surface area (Å²) in [7, 11) is -11.0. The van der Waals surface area contributed by atoms with Crippen LogP contribution in [0.1, 0.15) is 37.4 Å². The summed E-state index contributed by atoms with van der Waals surface area (Å²) >= 11 is 0. The van der Waals surface area contributed by atoms with Crippen molar-refractivity contribution in [2.45, 2.75) is 24.7 Å². The van der Waals surface area contributed by atoms with Crippen molar-refractivity contribution in [1.29, 1.82) is 0 Å². The SMILES string of the molecule is O=C1c2ccccc2C(=O)C1(Cc1ccc(OP(=O)(O)C(F)F)cc1)Cc1ccc(C(F)(F)P(=O)(O)O)cc1. The minimum absolute atomic E-state index is 0.158. The maximum absolute atomic E-state index is 14.1. The molecule has 3 N–H and O–H groups in total. The summed E-state index contributed by atoms with van der Waals surface area (Å²) in [5.41, 5.74) is -6.17. The van der Waals surface area contributed by atoms with E-state index in [1.54, 1.807) is 12.1 Å². The van der Waals surface area contributed by atoms with E-state index in [-0.39, 0.29) is 35.3 Å². The molecule has 0 spiro atoms.